The van der Waals surface area contributed by atoms with Gasteiger partial charge in [-0.05, 0) is 54.9 Å². The summed E-state index contributed by atoms with van der Waals surface area (Å²) in [6.45, 7) is 13.5. The molecule has 194 valence electrons. The first kappa shape index (κ1) is 26.5. The van der Waals surface area contributed by atoms with Gasteiger partial charge in [-0.25, -0.2) is 4.98 Å². The highest BCUT2D eigenvalue weighted by Crippen LogP contribution is 2.37. The molecule has 4 aromatic rings. The molecule has 0 spiro atoms. The smallest absolute Gasteiger partial charge is 0.270 e. The van der Waals surface area contributed by atoms with Crippen LogP contribution in [0.4, 0.5) is 0 Å². The highest BCUT2D eigenvalue weighted by atomic mass is 28.4. The molecule has 0 aliphatic heterocycles. The minimum atomic E-state index is -2.01. The minimum Gasteiger partial charge on any atom is -0.483 e. The van der Waals surface area contributed by atoms with Crippen molar-refractivity contribution in [2.24, 2.45) is 0 Å². The van der Waals surface area contributed by atoms with Gasteiger partial charge in [-0.3, -0.25) is 9.20 Å². The summed E-state index contributed by atoms with van der Waals surface area (Å²) in [5.74, 6) is 0.347. The molecule has 9 heteroatoms. The van der Waals surface area contributed by atoms with Crippen LogP contribution in [-0.2, 0) is 11.0 Å². The van der Waals surface area contributed by atoms with E-state index < -0.39 is 8.32 Å². The van der Waals surface area contributed by atoms with Crippen molar-refractivity contribution in [1.82, 2.24) is 24.9 Å². The van der Waals surface area contributed by atoms with E-state index in [0.29, 0.717) is 35.1 Å². The van der Waals surface area contributed by atoms with Gasteiger partial charge in [0.1, 0.15) is 18.0 Å². The number of amides is 1. The van der Waals surface area contributed by atoms with E-state index in [1.54, 1.807) is 10.6 Å². The van der Waals surface area contributed by atoms with Crippen LogP contribution < -0.4 is 10.1 Å². The summed E-state index contributed by atoms with van der Waals surface area (Å²) >= 11 is 0. The average molecular weight is 518 g/mol. The first-order valence-corrected chi connectivity index (χ1v) is 15.3. The number of hydrogen-bond donors (Lipinski definition) is 1. The third-order valence-electron chi connectivity index (χ3n) is 6.93. The van der Waals surface area contributed by atoms with Crippen LogP contribution in [0.2, 0.25) is 18.1 Å². The number of nitrogens with zero attached hydrogens (tertiary/aromatic N) is 4. The van der Waals surface area contributed by atoms with Crippen molar-refractivity contribution in [2.75, 3.05) is 6.61 Å². The van der Waals surface area contributed by atoms with Gasteiger partial charge in [0.25, 0.3) is 5.91 Å². The number of imidazole rings is 1. The van der Waals surface area contributed by atoms with Crippen LogP contribution in [0.3, 0.4) is 0 Å². The Kier molecular flexibility index (Phi) is 7.75. The van der Waals surface area contributed by atoms with Gasteiger partial charge in [0.05, 0.1) is 18.3 Å². The van der Waals surface area contributed by atoms with Crippen molar-refractivity contribution < 1.29 is 14.0 Å². The van der Waals surface area contributed by atoms with E-state index in [2.05, 4.69) is 54.4 Å². The van der Waals surface area contributed by atoms with Crippen LogP contribution in [0.1, 0.15) is 54.3 Å². The molecule has 3 heterocycles. The van der Waals surface area contributed by atoms with E-state index >= 15 is 0 Å². The molecule has 4 rings (SSSR count). The van der Waals surface area contributed by atoms with Gasteiger partial charge in [0.15, 0.2) is 19.7 Å². The van der Waals surface area contributed by atoms with E-state index in [4.69, 9.17) is 9.16 Å². The molecule has 0 bridgehead atoms. The second-order valence-corrected chi connectivity index (χ2v) is 15.4. The maximum atomic E-state index is 13.7. The summed E-state index contributed by atoms with van der Waals surface area (Å²) in [6, 6.07) is 17.0. The first-order valence-electron chi connectivity index (χ1n) is 12.4. The summed E-state index contributed by atoms with van der Waals surface area (Å²) in [5.41, 5.74) is 3.36. The molecule has 1 amide bonds. The van der Waals surface area contributed by atoms with E-state index in [9.17, 15) is 4.79 Å². The van der Waals surface area contributed by atoms with Crippen molar-refractivity contribution in [1.29, 1.82) is 0 Å². The Hall–Kier alpha value is -3.56. The van der Waals surface area contributed by atoms with Gasteiger partial charge in [-0.2, -0.15) is 10.2 Å². The lowest BCUT2D eigenvalue weighted by atomic mass is 10.1. The second kappa shape index (κ2) is 10.8. The third kappa shape index (κ3) is 6.06. The number of carbonyl (C=O) groups is 1. The maximum Gasteiger partial charge on any atom is 0.270 e. The number of benzene rings is 1. The Morgan fingerprint density at radius 2 is 1.84 bits per heavy atom. The number of carbonyl (C=O) groups excluding carboxylic acids is 1. The van der Waals surface area contributed by atoms with Crippen molar-refractivity contribution >= 4 is 19.9 Å². The van der Waals surface area contributed by atoms with Gasteiger partial charge < -0.3 is 14.5 Å². The van der Waals surface area contributed by atoms with Crippen molar-refractivity contribution in [2.45, 2.75) is 58.5 Å². The molecule has 0 fully saturated rings. The quantitative estimate of drug-likeness (QED) is 0.295. The predicted molar refractivity (Wildman–Crippen MR) is 146 cm³/mol. The van der Waals surface area contributed by atoms with Gasteiger partial charge in [-0.15, -0.1) is 0 Å². The topological polar surface area (TPSA) is 90.6 Å². The lowest BCUT2D eigenvalue weighted by molar-refractivity contribution is 0.0911. The van der Waals surface area contributed by atoms with Crippen molar-refractivity contribution in [3.8, 4) is 5.75 Å². The number of hydrogen-bond acceptors (Lipinski definition) is 6. The zero-order valence-electron chi connectivity index (χ0n) is 22.4. The number of nitrogens with one attached hydrogen (secondary N) is 1. The Labute approximate surface area is 219 Å². The molecule has 37 heavy (non-hydrogen) atoms. The van der Waals surface area contributed by atoms with E-state index in [0.717, 1.165) is 5.56 Å². The monoisotopic (exact) mass is 517 g/mol. The van der Waals surface area contributed by atoms with E-state index in [1.165, 1.54) is 0 Å². The van der Waals surface area contributed by atoms with Gasteiger partial charge in [0, 0.05) is 12.4 Å². The fourth-order valence-electron chi connectivity index (χ4n) is 3.75. The van der Waals surface area contributed by atoms with Crippen LogP contribution in [0, 0.1) is 6.92 Å². The number of ether oxygens (including phenoxy) is 1. The molecule has 0 saturated carbocycles. The van der Waals surface area contributed by atoms with Gasteiger partial charge >= 0.3 is 0 Å². The fraction of sp³-hybridized carbons (Fsp3) is 0.357. The standard InChI is InChI=1S/C28H35N5O3Si/c1-20-25(33-17-11-15-24(26(33)30-20)35-18-22-14-10-16-29-32-22)27(34)31-23(21-12-8-7-9-13-21)19-36-37(5,6)28(2,3)4/h7-17,23H,18-19H2,1-6H3,(H,31,34)/t23-/m0/s1. The van der Waals surface area contributed by atoms with Gasteiger partial charge in [0.2, 0.25) is 0 Å². The zero-order chi connectivity index (χ0) is 26.6. The molecule has 3 aromatic heterocycles. The number of fused-ring (bicyclic) bond motifs is 1. The SMILES string of the molecule is Cc1nc2c(OCc3cccnn3)cccn2c1C(=O)N[C@@H](CO[Si](C)(C)C(C)(C)C)c1ccccc1. The lowest BCUT2D eigenvalue weighted by Crippen LogP contribution is -2.43. The summed E-state index contributed by atoms with van der Waals surface area (Å²) < 4.78 is 14.3. The average Bonchev–Trinajstić information content (AvgIpc) is 3.22. The van der Waals surface area contributed by atoms with Crippen LogP contribution in [-0.4, -0.2) is 40.4 Å². The molecule has 0 aliphatic carbocycles. The van der Waals surface area contributed by atoms with E-state index in [-0.39, 0.29) is 23.6 Å². The van der Waals surface area contributed by atoms with Gasteiger partial charge in [-0.1, -0.05) is 51.1 Å². The van der Waals surface area contributed by atoms with E-state index in [1.807, 2.05) is 67.7 Å². The predicted octanol–water partition coefficient (Wildman–Crippen LogP) is 5.50. The lowest BCUT2D eigenvalue weighted by Gasteiger charge is -2.37. The zero-order valence-corrected chi connectivity index (χ0v) is 23.4. The molecule has 0 aliphatic rings. The molecule has 0 unspecified atom stereocenters. The van der Waals surface area contributed by atoms with Crippen LogP contribution in [0.5, 0.6) is 5.75 Å². The minimum absolute atomic E-state index is 0.0677. The number of aryl methyl sites for hydroxylation is 1. The molecule has 1 aromatic carbocycles. The van der Waals surface area contributed by atoms with Crippen LogP contribution in [0.15, 0.2) is 67.0 Å². The molecule has 0 radical (unpaired) electrons. The summed E-state index contributed by atoms with van der Waals surface area (Å²) in [6.07, 6.45) is 3.44. The Bertz CT molecular complexity index is 1350. The fourth-order valence-corrected chi connectivity index (χ4v) is 4.76. The Balaban J connectivity index is 1.59. The van der Waals surface area contributed by atoms with Crippen LogP contribution in [0.25, 0.3) is 5.65 Å². The molecule has 1 N–H and O–H groups in total. The Morgan fingerprint density at radius 3 is 2.51 bits per heavy atom. The second-order valence-electron chi connectivity index (χ2n) is 10.6. The molecule has 1 atom stereocenters. The highest BCUT2D eigenvalue weighted by molar-refractivity contribution is 6.74. The number of rotatable bonds is 9. The molecule has 0 saturated heterocycles. The molecular formula is C28H35N5O3Si. The Morgan fingerprint density at radius 1 is 1.08 bits per heavy atom. The number of aromatic nitrogens is 4. The summed E-state index contributed by atoms with van der Waals surface area (Å²) in [7, 11) is -2.01. The molecular weight excluding hydrogens is 482 g/mol. The molecule has 8 nitrogen and oxygen atoms in total. The van der Waals surface area contributed by atoms with Crippen LogP contribution >= 0.6 is 0 Å². The highest BCUT2D eigenvalue weighted by Gasteiger charge is 2.38. The normalized spacial score (nSPS) is 12.9. The van der Waals surface area contributed by atoms with Crippen molar-refractivity contribution in [3.63, 3.8) is 0 Å². The van der Waals surface area contributed by atoms with Crippen molar-refractivity contribution in [3.05, 3.63) is 89.6 Å². The summed E-state index contributed by atoms with van der Waals surface area (Å²) in [5, 5.41) is 11.2. The maximum absolute atomic E-state index is 13.7. The third-order valence-corrected chi connectivity index (χ3v) is 11.4. The summed E-state index contributed by atoms with van der Waals surface area (Å²) in [4.78, 5) is 18.3. The largest absolute Gasteiger partial charge is 0.483 e. The first-order chi connectivity index (χ1) is 17.6. The number of pyridine rings is 1.